The fourth-order valence-corrected chi connectivity index (χ4v) is 2.10. The fourth-order valence-electron chi connectivity index (χ4n) is 2.10. The first-order valence-electron chi connectivity index (χ1n) is 6.31. The van der Waals surface area contributed by atoms with Crippen molar-refractivity contribution in [2.45, 2.75) is 12.8 Å². The van der Waals surface area contributed by atoms with Gasteiger partial charge in [0.05, 0.1) is 6.54 Å². The first-order chi connectivity index (χ1) is 8.61. The van der Waals surface area contributed by atoms with Crippen LogP contribution in [0.15, 0.2) is 24.3 Å². The number of benzene rings is 1. The third kappa shape index (κ3) is 2.64. The molecule has 0 radical (unpaired) electrons. The number of anilines is 1. The number of hydrogen-bond donors (Lipinski definition) is 1. The molecule has 1 aliphatic heterocycles. The Kier molecular flexibility index (Phi) is 3.87. The highest BCUT2D eigenvalue weighted by molar-refractivity contribution is 5.82. The molecular formula is C14H20N2O2. The third-order valence-corrected chi connectivity index (χ3v) is 3.56. The molecule has 1 N–H and O–H groups in total. The largest absolute Gasteiger partial charge is 0.396 e. The zero-order chi connectivity index (χ0) is 13.1. The van der Waals surface area contributed by atoms with Gasteiger partial charge in [-0.25, -0.2) is 0 Å². The van der Waals surface area contributed by atoms with Gasteiger partial charge in [0.2, 0.25) is 5.91 Å². The summed E-state index contributed by atoms with van der Waals surface area (Å²) >= 11 is 0. The Morgan fingerprint density at radius 1 is 1.28 bits per heavy atom. The average Bonchev–Trinajstić information content (AvgIpc) is 2.41. The number of carbonyl (C=O) groups is 1. The fraction of sp³-hybridized carbons (Fsp3) is 0.500. The summed E-state index contributed by atoms with van der Waals surface area (Å²) in [6.45, 7) is 4.25. The predicted octanol–water partition coefficient (Wildman–Crippen LogP) is 1.06. The van der Waals surface area contributed by atoms with E-state index in [4.69, 9.17) is 5.11 Å². The van der Waals surface area contributed by atoms with Crippen molar-refractivity contribution in [2.75, 3.05) is 38.2 Å². The molecule has 0 aromatic heterocycles. The van der Waals surface area contributed by atoms with Gasteiger partial charge in [0.25, 0.3) is 0 Å². The van der Waals surface area contributed by atoms with Gasteiger partial charge in [-0.15, -0.1) is 0 Å². The van der Waals surface area contributed by atoms with Crippen LogP contribution in [0.25, 0.3) is 0 Å². The van der Waals surface area contributed by atoms with Crippen LogP contribution in [0, 0.1) is 0 Å². The summed E-state index contributed by atoms with van der Waals surface area (Å²) in [6, 6.07) is 8.11. The lowest BCUT2D eigenvalue weighted by molar-refractivity contribution is -0.129. The molecule has 1 amide bonds. The van der Waals surface area contributed by atoms with Crippen LogP contribution in [-0.2, 0) is 4.79 Å². The average molecular weight is 248 g/mol. The maximum atomic E-state index is 11.7. The van der Waals surface area contributed by atoms with Gasteiger partial charge in [0.15, 0.2) is 0 Å². The second-order valence-corrected chi connectivity index (χ2v) is 4.91. The topological polar surface area (TPSA) is 43.8 Å². The van der Waals surface area contributed by atoms with Crippen molar-refractivity contribution in [3.05, 3.63) is 29.8 Å². The van der Waals surface area contributed by atoms with E-state index < -0.39 is 0 Å². The predicted molar refractivity (Wildman–Crippen MR) is 71.8 cm³/mol. The Bertz CT molecular complexity index is 416. The van der Waals surface area contributed by atoms with Gasteiger partial charge in [0, 0.05) is 38.3 Å². The summed E-state index contributed by atoms with van der Waals surface area (Å²) in [5.74, 6) is 0.322. The van der Waals surface area contributed by atoms with E-state index >= 15 is 0 Å². The van der Waals surface area contributed by atoms with Gasteiger partial charge in [-0.05, 0) is 17.7 Å². The maximum Gasteiger partial charge on any atom is 0.241 e. The molecule has 18 heavy (non-hydrogen) atoms. The quantitative estimate of drug-likeness (QED) is 0.870. The van der Waals surface area contributed by atoms with Crippen molar-refractivity contribution in [3.63, 3.8) is 0 Å². The molecule has 4 nitrogen and oxygen atoms in total. The minimum Gasteiger partial charge on any atom is -0.396 e. The van der Waals surface area contributed by atoms with Crippen LogP contribution in [0.1, 0.15) is 18.4 Å². The number of rotatable bonds is 3. The van der Waals surface area contributed by atoms with Crippen molar-refractivity contribution >= 4 is 11.6 Å². The molecule has 1 aromatic carbocycles. The molecule has 1 aliphatic rings. The molecule has 0 aliphatic carbocycles. The number of aliphatic hydroxyl groups is 1. The van der Waals surface area contributed by atoms with E-state index in [1.807, 2.05) is 38.2 Å². The van der Waals surface area contributed by atoms with Gasteiger partial charge >= 0.3 is 0 Å². The van der Waals surface area contributed by atoms with Gasteiger partial charge in [0.1, 0.15) is 0 Å². The Hall–Kier alpha value is -1.55. The number of piperazine rings is 1. The van der Waals surface area contributed by atoms with Crippen LogP contribution >= 0.6 is 0 Å². The zero-order valence-corrected chi connectivity index (χ0v) is 11.0. The highest BCUT2D eigenvalue weighted by Gasteiger charge is 2.21. The van der Waals surface area contributed by atoms with Gasteiger partial charge in [-0.2, -0.15) is 0 Å². The van der Waals surface area contributed by atoms with Crippen molar-refractivity contribution in [2.24, 2.45) is 0 Å². The lowest BCUT2D eigenvalue weighted by Gasteiger charge is -2.33. The molecule has 1 atom stereocenters. The number of aliphatic hydroxyl groups excluding tert-OH is 1. The lowest BCUT2D eigenvalue weighted by atomic mass is 10.0. The van der Waals surface area contributed by atoms with E-state index in [1.165, 1.54) is 0 Å². The molecule has 1 aromatic rings. The summed E-state index contributed by atoms with van der Waals surface area (Å²) in [6.07, 6.45) is 0. The van der Waals surface area contributed by atoms with Crippen molar-refractivity contribution < 1.29 is 9.90 Å². The number of amides is 1. The van der Waals surface area contributed by atoms with Crippen molar-refractivity contribution in [1.29, 1.82) is 0 Å². The normalized spacial score (nSPS) is 18.1. The van der Waals surface area contributed by atoms with Crippen LogP contribution in [0.4, 0.5) is 5.69 Å². The number of likely N-dealkylation sites (N-methyl/N-ethyl adjacent to an activating group) is 1. The summed E-state index contributed by atoms with van der Waals surface area (Å²) in [4.78, 5) is 15.5. The minimum absolute atomic E-state index is 0.159. The monoisotopic (exact) mass is 248 g/mol. The number of hydrogen-bond acceptors (Lipinski definition) is 3. The van der Waals surface area contributed by atoms with Gasteiger partial charge in [-0.3, -0.25) is 4.79 Å². The molecule has 0 bridgehead atoms. The molecule has 2 rings (SSSR count). The van der Waals surface area contributed by atoms with Gasteiger partial charge in [-0.1, -0.05) is 19.1 Å². The molecule has 4 heteroatoms. The first kappa shape index (κ1) is 12.9. The summed E-state index contributed by atoms with van der Waals surface area (Å²) in [5.41, 5.74) is 2.20. The van der Waals surface area contributed by atoms with E-state index in [2.05, 4.69) is 4.90 Å². The first-order valence-corrected chi connectivity index (χ1v) is 6.31. The van der Waals surface area contributed by atoms with E-state index in [0.717, 1.165) is 24.3 Å². The Morgan fingerprint density at radius 2 is 1.94 bits per heavy atom. The Balaban J connectivity index is 2.08. The summed E-state index contributed by atoms with van der Waals surface area (Å²) < 4.78 is 0. The highest BCUT2D eigenvalue weighted by Crippen LogP contribution is 2.21. The van der Waals surface area contributed by atoms with E-state index in [1.54, 1.807) is 4.90 Å². The molecule has 1 fully saturated rings. The molecule has 1 saturated heterocycles. The molecular weight excluding hydrogens is 228 g/mol. The van der Waals surface area contributed by atoms with Crippen molar-refractivity contribution in [1.82, 2.24) is 4.90 Å². The Labute approximate surface area is 108 Å². The summed E-state index contributed by atoms with van der Waals surface area (Å²) in [7, 11) is 1.84. The minimum atomic E-state index is 0.159. The zero-order valence-electron chi connectivity index (χ0n) is 11.0. The Morgan fingerprint density at radius 3 is 2.50 bits per heavy atom. The third-order valence-electron chi connectivity index (χ3n) is 3.56. The maximum absolute atomic E-state index is 11.7. The lowest BCUT2D eigenvalue weighted by Crippen LogP contribution is -2.48. The van der Waals surface area contributed by atoms with Crippen LogP contribution < -0.4 is 4.90 Å². The molecule has 1 unspecified atom stereocenters. The molecule has 1 heterocycles. The molecule has 98 valence electrons. The number of carbonyl (C=O) groups excluding carboxylic acids is 1. The number of nitrogens with zero attached hydrogens (tertiary/aromatic N) is 2. The molecule has 0 spiro atoms. The standard InChI is InChI=1S/C14H20N2O2/c1-11(10-17)12-3-5-13(6-4-12)16-8-7-15(2)14(18)9-16/h3-6,11,17H,7-10H2,1-2H3. The van der Waals surface area contributed by atoms with Crippen LogP contribution in [-0.4, -0.2) is 49.2 Å². The van der Waals surface area contributed by atoms with Crippen molar-refractivity contribution in [3.8, 4) is 0 Å². The van der Waals surface area contributed by atoms with E-state index in [-0.39, 0.29) is 18.4 Å². The van der Waals surface area contributed by atoms with Crippen LogP contribution in [0.2, 0.25) is 0 Å². The summed E-state index contributed by atoms with van der Waals surface area (Å²) in [5, 5.41) is 9.11. The second-order valence-electron chi connectivity index (χ2n) is 4.91. The van der Waals surface area contributed by atoms with E-state index in [9.17, 15) is 4.79 Å². The van der Waals surface area contributed by atoms with Gasteiger partial charge < -0.3 is 14.9 Å². The van der Waals surface area contributed by atoms with Crippen LogP contribution in [0.3, 0.4) is 0 Å². The van der Waals surface area contributed by atoms with E-state index in [0.29, 0.717) is 6.54 Å². The highest BCUT2D eigenvalue weighted by atomic mass is 16.3. The SMILES string of the molecule is CC(CO)c1ccc(N2CCN(C)C(=O)C2)cc1. The molecule has 0 saturated carbocycles. The van der Waals surface area contributed by atoms with Crippen LogP contribution in [0.5, 0.6) is 0 Å². The smallest absolute Gasteiger partial charge is 0.241 e. The second kappa shape index (κ2) is 5.40.